The Morgan fingerprint density at radius 1 is 0.440 bits per heavy atom. The van der Waals surface area contributed by atoms with Crippen LogP contribution in [0.25, 0.3) is 66.1 Å². The predicted molar refractivity (Wildman–Crippen MR) is 362 cm³/mol. The number of ketones is 3. The Labute approximate surface area is 535 Å². The van der Waals surface area contributed by atoms with E-state index in [0.717, 1.165) is 136 Å². The molecule has 5 fully saturated rings. The first-order valence-electron chi connectivity index (χ1n) is 33.2. The van der Waals surface area contributed by atoms with E-state index in [2.05, 4.69) is 175 Å². The van der Waals surface area contributed by atoms with Gasteiger partial charge in [-0.15, -0.1) is 0 Å². The molecule has 6 heterocycles. The Hall–Kier alpha value is -8.31. The summed E-state index contributed by atoms with van der Waals surface area (Å²) in [6.45, 7) is 19.3. The zero-order valence-electron chi connectivity index (χ0n) is 55.0. The van der Waals surface area contributed by atoms with E-state index in [1.165, 1.54) is 36.2 Å². The van der Waals surface area contributed by atoms with Gasteiger partial charge in [0.05, 0.1) is 62.8 Å². The molecule has 5 aliphatic rings. The van der Waals surface area contributed by atoms with Crippen LogP contribution in [0.15, 0.2) is 116 Å². The van der Waals surface area contributed by atoms with Crippen LogP contribution in [0.1, 0.15) is 119 Å². The minimum absolute atomic E-state index is 0.000264. The molecule has 3 aliphatic carbocycles. The van der Waals surface area contributed by atoms with E-state index in [-0.39, 0.29) is 29.8 Å². The maximum absolute atomic E-state index is 11.7. The number of aromatic nitrogens is 8. The highest BCUT2D eigenvalue weighted by Crippen LogP contribution is 2.40. The number of nitrogens with zero attached hydrogens (tertiary/aromatic N) is 11. The Balaban J connectivity index is 0.000000132. The van der Waals surface area contributed by atoms with Crippen molar-refractivity contribution >= 4 is 61.4 Å². The summed E-state index contributed by atoms with van der Waals surface area (Å²) >= 11 is 0. The van der Waals surface area contributed by atoms with Gasteiger partial charge in [-0.1, -0.05) is 24.3 Å². The van der Waals surface area contributed by atoms with Gasteiger partial charge >= 0.3 is 0 Å². The number of rotatable bonds is 14. The minimum Gasteiger partial charge on any atom is -0.490 e. The van der Waals surface area contributed by atoms with Gasteiger partial charge in [-0.25, -0.2) is 0 Å². The number of benzene rings is 5. The molecule has 0 bridgehead atoms. The highest BCUT2D eigenvalue weighted by molar-refractivity contribution is 5.92. The van der Waals surface area contributed by atoms with Gasteiger partial charge in [0.1, 0.15) is 34.6 Å². The van der Waals surface area contributed by atoms with Crippen LogP contribution < -0.4 is 24.0 Å². The lowest BCUT2D eigenvalue weighted by atomic mass is 10.0. The average Bonchev–Trinajstić information content (AvgIpc) is 1.91. The lowest BCUT2D eigenvalue weighted by molar-refractivity contribution is -0.118. The lowest BCUT2D eigenvalue weighted by Gasteiger charge is -2.34. The number of carbonyl (C=O) groups excluding carboxylic acids is 3. The van der Waals surface area contributed by atoms with Gasteiger partial charge in [-0.3, -0.25) is 33.1 Å². The van der Waals surface area contributed by atoms with E-state index >= 15 is 0 Å². The third-order valence-corrected chi connectivity index (χ3v) is 19.5. The number of piperidine rings is 1. The van der Waals surface area contributed by atoms with E-state index in [1.54, 1.807) is 0 Å². The lowest BCUT2D eigenvalue weighted by Crippen LogP contribution is -2.44. The van der Waals surface area contributed by atoms with Crippen LogP contribution in [-0.4, -0.2) is 126 Å². The first-order valence-corrected chi connectivity index (χ1v) is 33.2. The number of aryl methyl sites for hydroxylation is 3. The number of anilines is 2. The number of fused-ring (bicyclic) bond motifs is 3. The fraction of sp³-hybridized carbons (Fsp3) is 0.473. The van der Waals surface area contributed by atoms with E-state index < -0.39 is 0 Å². The summed E-state index contributed by atoms with van der Waals surface area (Å²) in [6, 6.07) is 30.4. The molecule has 9 aromatic rings. The molecule has 17 heteroatoms. The van der Waals surface area contributed by atoms with Gasteiger partial charge in [0, 0.05) is 158 Å². The molecular weight excluding hydrogens is 1140 g/mol. The molecule has 4 aromatic heterocycles. The van der Waals surface area contributed by atoms with Gasteiger partial charge in [0.25, 0.3) is 0 Å². The summed E-state index contributed by atoms with van der Waals surface area (Å²) in [5.41, 5.74) is 11.9. The summed E-state index contributed by atoms with van der Waals surface area (Å²) in [5, 5.41) is 21.4. The first kappa shape index (κ1) is 62.9. The fourth-order valence-corrected chi connectivity index (χ4v) is 13.8. The van der Waals surface area contributed by atoms with Crippen LogP contribution in [0.3, 0.4) is 0 Å². The van der Waals surface area contributed by atoms with Crippen molar-refractivity contribution in [2.24, 2.45) is 38.9 Å². The van der Waals surface area contributed by atoms with Crippen molar-refractivity contribution in [1.82, 2.24) is 44.0 Å². The van der Waals surface area contributed by atoms with E-state index in [4.69, 9.17) is 14.2 Å². The predicted octanol–water partition coefficient (Wildman–Crippen LogP) is 13.8. The molecule has 5 aromatic carbocycles. The first-order chi connectivity index (χ1) is 43.7. The monoisotopic (exact) mass is 1230 g/mol. The highest BCUT2D eigenvalue weighted by atomic mass is 16.5. The maximum atomic E-state index is 11.7. The molecule has 478 valence electrons. The molecule has 0 unspecified atom stereocenters. The van der Waals surface area contributed by atoms with E-state index in [1.807, 2.05) is 64.7 Å². The maximum Gasteiger partial charge on any atom is 0.133 e. The minimum atomic E-state index is -0.0732. The second kappa shape index (κ2) is 26.9. The van der Waals surface area contributed by atoms with Crippen LogP contribution in [-0.2, 0) is 41.1 Å². The molecule has 0 radical (unpaired) electrons. The average molecular weight is 1230 g/mol. The quantitative estimate of drug-likeness (QED) is 0.101. The van der Waals surface area contributed by atoms with E-state index in [9.17, 15) is 14.4 Å². The molecule has 0 N–H and O–H groups in total. The Bertz CT molecular complexity index is 4040. The number of hydrogen-bond acceptors (Lipinski definition) is 13. The molecule has 2 aliphatic heterocycles. The number of hydrogen-bond donors (Lipinski definition) is 0. The molecule has 91 heavy (non-hydrogen) atoms. The van der Waals surface area contributed by atoms with Crippen molar-refractivity contribution < 1.29 is 28.6 Å². The largest absolute Gasteiger partial charge is 0.490 e. The second-order valence-corrected chi connectivity index (χ2v) is 27.5. The Morgan fingerprint density at radius 2 is 0.802 bits per heavy atom. The van der Waals surface area contributed by atoms with Crippen LogP contribution in [0.5, 0.6) is 17.2 Å². The molecule has 0 amide bonds. The molecule has 17 nitrogen and oxygen atoms in total. The smallest absolute Gasteiger partial charge is 0.133 e. The van der Waals surface area contributed by atoms with Gasteiger partial charge in [0.15, 0.2) is 0 Å². The van der Waals surface area contributed by atoms with Crippen molar-refractivity contribution in [3.05, 3.63) is 116 Å². The van der Waals surface area contributed by atoms with Crippen molar-refractivity contribution in [3.63, 3.8) is 0 Å². The molecule has 14 rings (SSSR count). The van der Waals surface area contributed by atoms with Crippen molar-refractivity contribution in [3.8, 4) is 50.6 Å². The van der Waals surface area contributed by atoms with Crippen LogP contribution in [0.4, 0.5) is 11.4 Å². The molecule has 6 atom stereocenters. The summed E-state index contributed by atoms with van der Waals surface area (Å²) < 4.78 is 26.7. The van der Waals surface area contributed by atoms with Crippen molar-refractivity contribution in [1.29, 1.82) is 0 Å². The van der Waals surface area contributed by atoms with Gasteiger partial charge in [0.2, 0.25) is 0 Å². The fourth-order valence-electron chi connectivity index (χ4n) is 13.8. The van der Waals surface area contributed by atoms with Gasteiger partial charge in [-0.2, -0.15) is 20.4 Å². The van der Waals surface area contributed by atoms with Crippen LogP contribution in [0.2, 0.25) is 0 Å². The summed E-state index contributed by atoms with van der Waals surface area (Å²) in [4.78, 5) is 42.5. The van der Waals surface area contributed by atoms with Crippen molar-refractivity contribution in [2.75, 3.05) is 56.1 Å². The number of Topliss-reactive ketones (excluding diaryl/α,β-unsaturated/α-hetero) is 3. The zero-order valence-corrected chi connectivity index (χ0v) is 55.0. The number of likely N-dealkylation sites (N-methyl/N-ethyl adjacent to an activating group) is 1. The van der Waals surface area contributed by atoms with Gasteiger partial charge < -0.3 is 28.9 Å². The molecular formula is C74H91N11O6. The second-order valence-electron chi connectivity index (χ2n) is 27.5. The standard InChI is InChI=1S/C26H32N4O2.C26H31N3O2.C22H28N4O2/c1-18(20-6-9-23(31)14-20)32-26-16-21(15-25-24(26)17-29(3)27-25)19-4-7-22(8-5-19)30-12-10-28(2)11-13-30;1-18(20-8-11-23(30)14-20)31-26-16-21(15-25-24(26)17-28(2)27-25)19-6-9-22(10-7-19)29-12-4-3-5-13-29;1-14(15-6-7-18(27)8-15)28-21-10-16(9-20-19(21)13-25(5)24-20)17-11-23-26(12-17)22(2,3)4/h4-5,7-8,15-18,20H,6,9-14H2,1-3H3;6-7,9-10,15-18,20H,3-5,8,11-14H2,1-2H3;9-15H,6-8H2,1-5H3/t2*18-,20+;14-,15+/m111/s1. The van der Waals surface area contributed by atoms with Crippen LogP contribution >= 0.6 is 0 Å². The normalized spacial score (nSPS) is 20.0. The summed E-state index contributed by atoms with van der Waals surface area (Å²) in [7, 11) is 7.97. The molecule has 0 spiro atoms. The topological polar surface area (TPSA) is 160 Å². The molecule has 2 saturated heterocycles. The van der Waals surface area contributed by atoms with Crippen molar-refractivity contribution in [2.45, 2.75) is 142 Å². The highest BCUT2D eigenvalue weighted by Gasteiger charge is 2.32. The summed E-state index contributed by atoms with van der Waals surface area (Å²) in [5.74, 6) is 4.44. The summed E-state index contributed by atoms with van der Waals surface area (Å²) in [6.07, 6.45) is 20.5. The zero-order chi connectivity index (χ0) is 63.7. The Morgan fingerprint density at radius 3 is 1.14 bits per heavy atom. The number of ether oxygens (including phenoxy) is 3. The third kappa shape index (κ3) is 14.7. The number of carbonyl (C=O) groups is 3. The van der Waals surface area contributed by atoms with Crippen LogP contribution in [0, 0.1) is 17.8 Å². The third-order valence-electron chi connectivity index (χ3n) is 19.5. The Kier molecular flexibility index (Phi) is 18.6. The molecule has 3 saturated carbocycles. The van der Waals surface area contributed by atoms with E-state index in [0.29, 0.717) is 67.7 Å². The SMILES string of the molecule is C[C@@H](Oc1cc(-c2ccc(N3CCCCC3)cc2)cc2nn(C)cc12)[C@H]1CCC(=O)C1.C[C@@H](Oc1cc(-c2ccc(N3CCN(C)CC3)cc2)cc2nn(C)cc12)[C@H]1CCC(=O)C1.C[C@@H](Oc1cc(-c2cnn(C(C)(C)C)c2)cc2nn(C)cc12)[C@H]1CCC(=O)C1. The van der Waals surface area contributed by atoms with Gasteiger partial charge in [-0.05, 0) is 176 Å². The number of piperazine rings is 1.